The second kappa shape index (κ2) is 4.01. The monoisotopic (exact) mass is 232 g/mol. The van der Waals surface area contributed by atoms with E-state index in [1.165, 1.54) is 6.07 Å². The number of halogens is 2. The smallest absolute Gasteiger partial charge is 0.137 e. The number of hydrogen-bond donors (Lipinski definition) is 1. The van der Waals surface area contributed by atoms with Crippen molar-refractivity contribution >= 4 is 15.9 Å². The summed E-state index contributed by atoms with van der Waals surface area (Å²) >= 11 is 3.04. The molecule has 0 aliphatic rings. The van der Waals surface area contributed by atoms with Crippen molar-refractivity contribution in [1.29, 1.82) is 0 Å². The zero-order valence-electron chi connectivity index (χ0n) is 6.72. The predicted molar refractivity (Wildman–Crippen MR) is 49.4 cm³/mol. The molecule has 0 saturated heterocycles. The minimum absolute atomic E-state index is 0.333. The summed E-state index contributed by atoms with van der Waals surface area (Å²) < 4.78 is 13.3. The largest absolute Gasteiger partial charge is 0.388 e. The number of hydrogen-bond acceptors (Lipinski definition) is 1. The van der Waals surface area contributed by atoms with Crippen molar-refractivity contribution in [3.05, 3.63) is 34.1 Å². The van der Waals surface area contributed by atoms with Crippen LogP contribution in [0.5, 0.6) is 0 Å². The minimum Gasteiger partial charge on any atom is -0.388 e. The Hall–Kier alpha value is -0.410. The van der Waals surface area contributed by atoms with Crippen molar-refractivity contribution in [2.45, 2.75) is 19.4 Å². The lowest BCUT2D eigenvalue weighted by Crippen LogP contribution is -1.95. The molecule has 0 amide bonds. The van der Waals surface area contributed by atoms with Crippen LogP contribution in [0, 0.1) is 5.82 Å². The fourth-order valence-electron chi connectivity index (χ4n) is 0.955. The maximum Gasteiger partial charge on any atom is 0.137 e. The maximum absolute atomic E-state index is 12.9. The van der Waals surface area contributed by atoms with Gasteiger partial charge in [-0.3, -0.25) is 0 Å². The number of benzene rings is 1. The highest BCUT2D eigenvalue weighted by atomic mass is 79.9. The van der Waals surface area contributed by atoms with Gasteiger partial charge in [0.2, 0.25) is 0 Å². The van der Waals surface area contributed by atoms with Gasteiger partial charge in [0, 0.05) is 0 Å². The first kappa shape index (κ1) is 9.68. The Kier molecular flexibility index (Phi) is 3.23. The Morgan fingerprint density at radius 2 is 2.25 bits per heavy atom. The van der Waals surface area contributed by atoms with Gasteiger partial charge in [0.15, 0.2) is 0 Å². The summed E-state index contributed by atoms with van der Waals surface area (Å²) in [5.41, 5.74) is 0.623. The molecule has 1 unspecified atom stereocenters. The molecule has 1 atom stereocenters. The van der Waals surface area contributed by atoms with Crippen LogP contribution in [0.2, 0.25) is 0 Å². The second-order valence-electron chi connectivity index (χ2n) is 2.60. The Morgan fingerprint density at radius 3 is 2.75 bits per heavy atom. The molecule has 66 valence electrons. The molecule has 0 fully saturated rings. The molecule has 0 heterocycles. The molecule has 12 heavy (non-hydrogen) atoms. The normalized spacial score (nSPS) is 13.0. The number of aliphatic hydroxyl groups excluding tert-OH is 1. The van der Waals surface area contributed by atoms with E-state index in [1.807, 2.05) is 6.92 Å². The van der Waals surface area contributed by atoms with Crippen molar-refractivity contribution in [3.63, 3.8) is 0 Å². The van der Waals surface area contributed by atoms with Gasteiger partial charge >= 0.3 is 0 Å². The topological polar surface area (TPSA) is 20.2 Å². The summed E-state index contributed by atoms with van der Waals surface area (Å²) in [5.74, 6) is -0.333. The molecule has 0 saturated carbocycles. The first-order chi connectivity index (χ1) is 5.65. The van der Waals surface area contributed by atoms with E-state index in [1.54, 1.807) is 12.1 Å². The van der Waals surface area contributed by atoms with Gasteiger partial charge in [-0.2, -0.15) is 0 Å². The standard InChI is InChI=1S/C9H10BrFO/c1-2-9(12)6-3-4-7(10)8(11)5-6/h3-5,9,12H,2H2,1H3. The SMILES string of the molecule is CCC(O)c1ccc(Br)c(F)c1. The van der Waals surface area contributed by atoms with Crippen molar-refractivity contribution in [1.82, 2.24) is 0 Å². The zero-order chi connectivity index (χ0) is 9.14. The first-order valence-electron chi connectivity index (χ1n) is 3.78. The molecule has 0 spiro atoms. The Labute approximate surface area is 79.4 Å². The van der Waals surface area contributed by atoms with Crippen LogP contribution >= 0.6 is 15.9 Å². The average molecular weight is 233 g/mol. The maximum atomic E-state index is 12.9. The quantitative estimate of drug-likeness (QED) is 0.832. The van der Waals surface area contributed by atoms with Gasteiger partial charge in [0.25, 0.3) is 0 Å². The van der Waals surface area contributed by atoms with Crippen molar-refractivity contribution in [3.8, 4) is 0 Å². The molecular weight excluding hydrogens is 223 g/mol. The van der Waals surface area contributed by atoms with Crippen molar-refractivity contribution in [2.24, 2.45) is 0 Å². The van der Waals surface area contributed by atoms with Crippen molar-refractivity contribution in [2.75, 3.05) is 0 Å². The molecule has 0 aliphatic heterocycles. The van der Waals surface area contributed by atoms with E-state index in [2.05, 4.69) is 15.9 Å². The molecule has 0 bridgehead atoms. The zero-order valence-corrected chi connectivity index (χ0v) is 8.31. The van der Waals surface area contributed by atoms with Crippen LogP contribution in [0.1, 0.15) is 25.0 Å². The van der Waals surface area contributed by atoms with E-state index in [9.17, 15) is 9.50 Å². The van der Waals surface area contributed by atoms with Crippen LogP contribution in [0.3, 0.4) is 0 Å². The van der Waals surface area contributed by atoms with Crippen LogP contribution in [0.15, 0.2) is 22.7 Å². The van der Waals surface area contributed by atoms with E-state index in [0.29, 0.717) is 16.5 Å². The van der Waals surface area contributed by atoms with Gasteiger partial charge in [-0.25, -0.2) is 4.39 Å². The third-order valence-corrected chi connectivity index (χ3v) is 2.36. The molecule has 1 N–H and O–H groups in total. The Morgan fingerprint density at radius 1 is 1.58 bits per heavy atom. The van der Waals surface area contributed by atoms with Gasteiger partial charge < -0.3 is 5.11 Å². The summed E-state index contributed by atoms with van der Waals surface area (Å²) in [4.78, 5) is 0. The molecular formula is C9H10BrFO. The fraction of sp³-hybridized carbons (Fsp3) is 0.333. The first-order valence-corrected chi connectivity index (χ1v) is 4.57. The molecule has 1 aromatic carbocycles. The summed E-state index contributed by atoms with van der Waals surface area (Å²) in [6, 6.07) is 4.66. The Balaban J connectivity index is 2.96. The molecule has 0 aromatic heterocycles. The summed E-state index contributed by atoms with van der Waals surface area (Å²) in [6.45, 7) is 1.85. The molecule has 1 nitrogen and oxygen atoms in total. The Bertz CT molecular complexity index is 275. The van der Waals surface area contributed by atoms with Gasteiger partial charge in [-0.15, -0.1) is 0 Å². The van der Waals surface area contributed by atoms with Crippen LogP contribution in [-0.4, -0.2) is 5.11 Å². The minimum atomic E-state index is -0.562. The van der Waals surface area contributed by atoms with Crippen LogP contribution in [0.4, 0.5) is 4.39 Å². The lowest BCUT2D eigenvalue weighted by atomic mass is 10.1. The highest BCUT2D eigenvalue weighted by Gasteiger charge is 2.06. The molecule has 0 aliphatic carbocycles. The summed E-state index contributed by atoms with van der Waals surface area (Å²) in [7, 11) is 0. The van der Waals surface area contributed by atoms with Crippen LogP contribution < -0.4 is 0 Å². The van der Waals surface area contributed by atoms with E-state index in [-0.39, 0.29) is 5.82 Å². The van der Waals surface area contributed by atoms with E-state index in [4.69, 9.17) is 0 Å². The molecule has 1 rings (SSSR count). The van der Waals surface area contributed by atoms with E-state index >= 15 is 0 Å². The highest BCUT2D eigenvalue weighted by molar-refractivity contribution is 9.10. The number of rotatable bonds is 2. The lowest BCUT2D eigenvalue weighted by Gasteiger charge is -2.07. The second-order valence-corrected chi connectivity index (χ2v) is 3.45. The van der Waals surface area contributed by atoms with Gasteiger partial charge in [0.05, 0.1) is 10.6 Å². The van der Waals surface area contributed by atoms with Crippen LogP contribution in [0.25, 0.3) is 0 Å². The van der Waals surface area contributed by atoms with Gasteiger partial charge in [0.1, 0.15) is 5.82 Å². The summed E-state index contributed by atoms with van der Waals surface area (Å²) in [6.07, 6.45) is 0.0359. The molecule has 1 aromatic rings. The lowest BCUT2D eigenvalue weighted by molar-refractivity contribution is 0.173. The predicted octanol–water partition coefficient (Wildman–Crippen LogP) is 3.03. The van der Waals surface area contributed by atoms with E-state index < -0.39 is 6.10 Å². The van der Waals surface area contributed by atoms with Crippen molar-refractivity contribution < 1.29 is 9.50 Å². The fourth-order valence-corrected chi connectivity index (χ4v) is 1.20. The van der Waals surface area contributed by atoms with Crippen LogP contribution in [-0.2, 0) is 0 Å². The third kappa shape index (κ3) is 2.05. The average Bonchev–Trinajstić information content (AvgIpc) is 2.08. The van der Waals surface area contributed by atoms with E-state index in [0.717, 1.165) is 0 Å². The molecule has 0 radical (unpaired) electrons. The third-order valence-electron chi connectivity index (χ3n) is 1.72. The van der Waals surface area contributed by atoms with Gasteiger partial charge in [-0.05, 0) is 40.0 Å². The van der Waals surface area contributed by atoms with Gasteiger partial charge in [-0.1, -0.05) is 13.0 Å². The highest BCUT2D eigenvalue weighted by Crippen LogP contribution is 2.21. The summed E-state index contributed by atoms with van der Waals surface area (Å²) in [5, 5.41) is 9.36. The molecule has 3 heteroatoms. The number of aliphatic hydroxyl groups is 1.